The minimum Gasteiger partial charge on any atom is -0.496 e. The smallest absolute Gasteiger partial charge is 0.257 e. The van der Waals surface area contributed by atoms with E-state index < -0.39 is 0 Å². The molecule has 4 rings (SSSR count). The van der Waals surface area contributed by atoms with Crippen LogP contribution in [0, 0.1) is 5.82 Å². The van der Waals surface area contributed by atoms with E-state index in [1.54, 1.807) is 16.7 Å². The van der Waals surface area contributed by atoms with E-state index in [9.17, 15) is 18.8 Å². The van der Waals surface area contributed by atoms with Crippen LogP contribution in [-0.2, 0) is 30.8 Å². The second-order valence-corrected chi connectivity index (χ2v) is 8.74. The van der Waals surface area contributed by atoms with Crippen LogP contribution < -0.4 is 20.9 Å². The molecule has 0 aliphatic carbocycles. The zero-order valence-electron chi connectivity index (χ0n) is 20.3. The number of nitrogens with zero attached hydrogens (tertiary/aromatic N) is 2. The Morgan fingerprint density at radius 3 is 2.50 bits per heavy atom. The van der Waals surface area contributed by atoms with Gasteiger partial charge >= 0.3 is 0 Å². The summed E-state index contributed by atoms with van der Waals surface area (Å²) in [5.74, 6) is -0.638. The molecule has 2 N–H and O–H groups in total. The van der Waals surface area contributed by atoms with Crippen LogP contribution in [0.25, 0.3) is 0 Å². The molecule has 188 valence electrons. The number of methoxy groups -OCH3 is 1. The van der Waals surface area contributed by atoms with Crippen LogP contribution in [0.5, 0.6) is 5.75 Å². The fourth-order valence-corrected chi connectivity index (χ4v) is 4.43. The van der Waals surface area contributed by atoms with E-state index in [4.69, 9.17) is 4.74 Å². The Morgan fingerprint density at radius 2 is 1.81 bits per heavy atom. The fourth-order valence-electron chi connectivity index (χ4n) is 4.43. The predicted octanol–water partition coefficient (Wildman–Crippen LogP) is 2.94. The van der Waals surface area contributed by atoms with Crippen molar-refractivity contribution in [2.75, 3.05) is 25.5 Å². The summed E-state index contributed by atoms with van der Waals surface area (Å²) < 4.78 is 20.6. The molecule has 0 saturated carbocycles. The minimum absolute atomic E-state index is 0.121. The SMILES string of the molecule is COc1cc(=O)n2c(c1C(=O)NCc1cccc(F)c1)CCN(Cc1ccc(NC(C)=O)cc1)CC2. The first-order chi connectivity index (χ1) is 17.3. The molecule has 0 atom stereocenters. The monoisotopic (exact) mass is 492 g/mol. The van der Waals surface area contributed by atoms with Crippen LogP contribution in [0.1, 0.15) is 34.1 Å². The van der Waals surface area contributed by atoms with Crippen molar-refractivity contribution in [1.82, 2.24) is 14.8 Å². The maximum Gasteiger partial charge on any atom is 0.257 e. The van der Waals surface area contributed by atoms with E-state index >= 15 is 0 Å². The Balaban J connectivity index is 1.51. The maximum atomic E-state index is 13.5. The highest BCUT2D eigenvalue weighted by molar-refractivity contribution is 5.98. The van der Waals surface area contributed by atoms with Gasteiger partial charge in [0.05, 0.1) is 7.11 Å². The first-order valence-electron chi connectivity index (χ1n) is 11.8. The summed E-state index contributed by atoms with van der Waals surface area (Å²) in [4.78, 5) is 39.5. The van der Waals surface area contributed by atoms with Gasteiger partial charge in [-0.15, -0.1) is 0 Å². The van der Waals surface area contributed by atoms with Crippen molar-refractivity contribution < 1.29 is 18.7 Å². The van der Waals surface area contributed by atoms with E-state index in [1.807, 2.05) is 24.3 Å². The number of amides is 2. The number of carbonyl (C=O) groups excluding carboxylic acids is 2. The molecule has 2 amide bonds. The largest absolute Gasteiger partial charge is 0.496 e. The molecule has 2 aromatic carbocycles. The van der Waals surface area contributed by atoms with Gasteiger partial charge in [0.25, 0.3) is 11.5 Å². The third kappa shape index (κ3) is 5.98. The van der Waals surface area contributed by atoms with Crippen molar-refractivity contribution in [1.29, 1.82) is 0 Å². The first kappa shape index (κ1) is 25.1. The van der Waals surface area contributed by atoms with Gasteiger partial charge in [-0.3, -0.25) is 19.3 Å². The van der Waals surface area contributed by atoms with E-state index in [0.29, 0.717) is 49.4 Å². The van der Waals surface area contributed by atoms with E-state index in [0.717, 1.165) is 11.3 Å². The second-order valence-electron chi connectivity index (χ2n) is 8.74. The van der Waals surface area contributed by atoms with Gasteiger partial charge in [-0.1, -0.05) is 24.3 Å². The molecular formula is C27H29FN4O4. The lowest BCUT2D eigenvalue weighted by molar-refractivity contribution is -0.114. The normalized spacial score (nSPS) is 13.4. The number of rotatable bonds is 7. The topological polar surface area (TPSA) is 92.7 Å². The van der Waals surface area contributed by atoms with Crippen molar-refractivity contribution in [2.45, 2.75) is 33.0 Å². The summed E-state index contributed by atoms with van der Waals surface area (Å²) in [6.45, 7) is 4.00. The van der Waals surface area contributed by atoms with Gasteiger partial charge in [-0.2, -0.15) is 0 Å². The number of fused-ring (bicyclic) bond motifs is 1. The molecule has 0 unspecified atom stereocenters. The molecular weight excluding hydrogens is 463 g/mol. The van der Waals surface area contributed by atoms with Crippen LogP contribution in [0.15, 0.2) is 59.4 Å². The quantitative estimate of drug-likeness (QED) is 0.529. The molecule has 0 bridgehead atoms. The number of nitrogens with one attached hydrogen (secondary N) is 2. The fraction of sp³-hybridized carbons (Fsp3) is 0.296. The lowest BCUT2D eigenvalue weighted by Crippen LogP contribution is -2.31. The van der Waals surface area contributed by atoms with Gasteiger partial charge in [0, 0.05) is 63.5 Å². The Bertz CT molecular complexity index is 1320. The maximum absolute atomic E-state index is 13.5. The molecule has 2 heterocycles. The van der Waals surface area contributed by atoms with Gasteiger partial charge < -0.3 is 19.9 Å². The van der Waals surface area contributed by atoms with Crippen LogP contribution in [0.2, 0.25) is 0 Å². The Labute approximate surface area is 208 Å². The number of hydrogen-bond acceptors (Lipinski definition) is 5. The van der Waals surface area contributed by atoms with Gasteiger partial charge in [-0.05, 0) is 35.4 Å². The van der Waals surface area contributed by atoms with Crippen molar-refractivity contribution in [3.05, 3.63) is 93.2 Å². The lowest BCUT2D eigenvalue weighted by atomic mass is 10.1. The van der Waals surface area contributed by atoms with Crippen molar-refractivity contribution in [2.24, 2.45) is 0 Å². The Morgan fingerprint density at radius 1 is 1.03 bits per heavy atom. The van der Waals surface area contributed by atoms with Gasteiger partial charge in [0.15, 0.2) is 0 Å². The molecule has 0 fully saturated rings. The zero-order valence-corrected chi connectivity index (χ0v) is 20.3. The summed E-state index contributed by atoms with van der Waals surface area (Å²) in [7, 11) is 1.43. The first-order valence-corrected chi connectivity index (χ1v) is 11.8. The van der Waals surface area contributed by atoms with Crippen LogP contribution in [-0.4, -0.2) is 41.5 Å². The molecule has 0 spiro atoms. The van der Waals surface area contributed by atoms with Crippen LogP contribution in [0.4, 0.5) is 10.1 Å². The average molecular weight is 493 g/mol. The van der Waals surface area contributed by atoms with Gasteiger partial charge in [-0.25, -0.2) is 4.39 Å². The molecule has 9 heteroatoms. The number of carbonyl (C=O) groups is 2. The average Bonchev–Trinajstić information content (AvgIpc) is 3.06. The Hall–Kier alpha value is -3.98. The zero-order chi connectivity index (χ0) is 25.7. The third-order valence-electron chi connectivity index (χ3n) is 6.16. The van der Waals surface area contributed by atoms with Crippen molar-refractivity contribution in [3.8, 4) is 5.75 Å². The van der Waals surface area contributed by atoms with Gasteiger partial charge in [0.1, 0.15) is 17.1 Å². The highest BCUT2D eigenvalue weighted by Crippen LogP contribution is 2.23. The second kappa shape index (κ2) is 11.2. The van der Waals surface area contributed by atoms with E-state index in [-0.39, 0.29) is 35.5 Å². The molecule has 0 radical (unpaired) electrons. The number of aromatic nitrogens is 1. The molecule has 1 aliphatic heterocycles. The minimum atomic E-state index is -0.373. The molecule has 8 nitrogen and oxygen atoms in total. The summed E-state index contributed by atoms with van der Waals surface area (Å²) in [6.07, 6.45) is 0.485. The summed E-state index contributed by atoms with van der Waals surface area (Å²) in [5.41, 5.74) is 3.19. The molecule has 1 aliphatic rings. The van der Waals surface area contributed by atoms with E-state index in [2.05, 4.69) is 15.5 Å². The summed E-state index contributed by atoms with van der Waals surface area (Å²) in [6, 6.07) is 15.0. The summed E-state index contributed by atoms with van der Waals surface area (Å²) >= 11 is 0. The van der Waals surface area contributed by atoms with Crippen LogP contribution >= 0.6 is 0 Å². The number of hydrogen-bond donors (Lipinski definition) is 2. The number of anilines is 1. The number of ether oxygens (including phenoxy) is 1. The number of benzene rings is 2. The van der Waals surface area contributed by atoms with Crippen molar-refractivity contribution in [3.63, 3.8) is 0 Å². The molecule has 36 heavy (non-hydrogen) atoms. The molecule has 1 aromatic heterocycles. The molecule has 0 saturated heterocycles. The Kier molecular flexibility index (Phi) is 7.80. The lowest BCUT2D eigenvalue weighted by Gasteiger charge is -2.19. The standard InChI is InChI=1S/C27H29FN4O4/c1-18(33)30-22-8-6-19(7-9-22)17-31-11-10-23-26(24(36-2)15-25(34)32(23)13-12-31)27(35)29-16-20-4-3-5-21(28)14-20/h3-9,14-15H,10-13,16-17H2,1-2H3,(H,29,35)(H,30,33). The van der Waals surface area contributed by atoms with Crippen molar-refractivity contribution >= 4 is 17.5 Å². The predicted molar refractivity (Wildman–Crippen MR) is 135 cm³/mol. The highest BCUT2D eigenvalue weighted by atomic mass is 19.1. The summed E-state index contributed by atoms with van der Waals surface area (Å²) in [5, 5.41) is 5.59. The highest BCUT2D eigenvalue weighted by Gasteiger charge is 2.25. The third-order valence-corrected chi connectivity index (χ3v) is 6.16. The van der Waals surface area contributed by atoms with Gasteiger partial charge in [0.2, 0.25) is 5.91 Å². The van der Waals surface area contributed by atoms with Crippen LogP contribution in [0.3, 0.4) is 0 Å². The number of pyridine rings is 1. The molecule has 3 aromatic rings. The number of halogens is 1. The van der Waals surface area contributed by atoms with E-state index in [1.165, 1.54) is 32.2 Å².